The molecule has 4 heteroatoms. The lowest BCUT2D eigenvalue weighted by molar-refractivity contribution is 0.269. The van der Waals surface area contributed by atoms with Crippen LogP contribution >= 0.6 is 15.9 Å². The highest BCUT2D eigenvalue weighted by molar-refractivity contribution is 9.10. The van der Waals surface area contributed by atoms with Crippen molar-refractivity contribution in [3.8, 4) is 0 Å². The molecule has 0 spiro atoms. The average molecular weight is 298 g/mol. The SMILES string of the molecule is CC(CNc1ccc(Br)cc1N)N1CCCC1. The van der Waals surface area contributed by atoms with Crippen molar-refractivity contribution in [2.45, 2.75) is 25.8 Å². The number of nitrogens with one attached hydrogen (secondary N) is 1. The van der Waals surface area contributed by atoms with E-state index in [2.05, 4.69) is 33.1 Å². The standard InChI is InChI=1S/C13H20BrN3/c1-10(17-6-2-3-7-17)9-16-13-5-4-11(14)8-12(13)15/h4-5,8,10,16H,2-3,6-7,9,15H2,1H3. The fourth-order valence-electron chi connectivity index (χ4n) is 2.26. The maximum Gasteiger partial charge on any atom is 0.0575 e. The first-order valence-corrected chi connectivity index (χ1v) is 6.99. The molecule has 94 valence electrons. The number of nitrogens with two attached hydrogens (primary N) is 1. The Bertz CT molecular complexity index is 375. The molecule has 1 unspecified atom stereocenters. The van der Waals surface area contributed by atoms with Gasteiger partial charge in [0.05, 0.1) is 11.4 Å². The van der Waals surface area contributed by atoms with Gasteiger partial charge in [-0.15, -0.1) is 0 Å². The monoisotopic (exact) mass is 297 g/mol. The van der Waals surface area contributed by atoms with Crippen LogP contribution in [-0.4, -0.2) is 30.6 Å². The summed E-state index contributed by atoms with van der Waals surface area (Å²) in [5.41, 5.74) is 7.78. The smallest absolute Gasteiger partial charge is 0.0575 e. The van der Waals surface area contributed by atoms with Gasteiger partial charge in [0, 0.05) is 17.1 Å². The highest BCUT2D eigenvalue weighted by Crippen LogP contribution is 2.23. The lowest BCUT2D eigenvalue weighted by Crippen LogP contribution is -2.35. The maximum atomic E-state index is 5.95. The molecule has 0 aliphatic carbocycles. The molecule has 0 radical (unpaired) electrons. The topological polar surface area (TPSA) is 41.3 Å². The minimum Gasteiger partial charge on any atom is -0.397 e. The molecular weight excluding hydrogens is 278 g/mol. The Morgan fingerprint density at radius 2 is 2.12 bits per heavy atom. The van der Waals surface area contributed by atoms with Crippen molar-refractivity contribution >= 4 is 27.3 Å². The van der Waals surface area contributed by atoms with Gasteiger partial charge in [0.2, 0.25) is 0 Å². The summed E-state index contributed by atoms with van der Waals surface area (Å²) in [5, 5.41) is 3.43. The van der Waals surface area contributed by atoms with Crippen molar-refractivity contribution in [1.82, 2.24) is 4.90 Å². The van der Waals surface area contributed by atoms with Crippen molar-refractivity contribution < 1.29 is 0 Å². The van der Waals surface area contributed by atoms with E-state index in [0.29, 0.717) is 6.04 Å². The van der Waals surface area contributed by atoms with E-state index < -0.39 is 0 Å². The molecular formula is C13H20BrN3. The van der Waals surface area contributed by atoms with Crippen LogP contribution in [0.2, 0.25) is 0 Å². The Kier molecular flexibility index (Phi) is 4.29. The Labute approximate surface area is 111 Å². The van der Waals surface area contributed by atoms with Crippen molar-refractivity contribution in [3.05, 3.63) is 22.7 Å². The third-order valence-corrected chi connectivity index (χ3v) is 3.86. The Morgan fingerprint density at radius 1 is 1.41 bits per heavy atom. The third-order valence-electron chi connectivity index (χ3n) is 3.37. The first-order valence-electron chi connectivity index (χ1n) is 6.20. The number of hydrogen-bond donors (Lipinski definition) is 2. The Balaban J connectivity index is 1.88. The first kappa shape index (κ1) is 12.7. The second kappa shape index (κ2) is 5.74. The summed E-state index contributed by atoms with van der Waals surface area (Å²) in [6.45, 7) is 5.69. The summed E-state index contributed by atoms with van der Waals surface area (Å²) in [6.07, 6.45) is 2.68. The zero-order chi connectivity index (χ0) is 12.3. The van der Waals surface area contributed by atoms with Crippen LogP contribution in [0.25, 0.3) is 0 Å². The summed E-state index contributed by atoms with van der Waals surface area (Å²) in [6, 6.07) is 6.54. The molecule has 1 heterocycles. The predicted octanol–water partition coefficient (Wildman–Crippen LogP) is 2.93. The van der Waals surface area contributed by atoms with Crippen LogP contribution in [0.5, 0.6) is 0 Å². The van der Waals surface area contributed by atoms with E-state index in [9.17, 15) is 0 Å². The van der Waals surface area contributed by atoms with Crippen molar-refractivity contribution in [2.24, 2.45) is 0 Å². The lowest BCUT2D eigenvalue weighted by Gasteiger charge is -2.24. The molecule has 1 aliphatic heterocycles. The zero-order valence-electron chi connectivity index (χ0n) is 10.2. The summed E-state index contributed by atoms with van der Waals surface area (Å²) in [5.74, 6) is 0. The highest BCUT2D eigenvalue weighted by atomic mass is 79.9. The molecule has 0 bridgehead atoms. The van der Waals surface area contributed by atoms with E-state index in [0.717, 1.165) is 22.4 Å². The minimum atomic E-state index is 0.570. The second-order valence-electron chi connectivity index (χ2n) is 4.70. The molecule has 1 aromatic carbocycles. The second-order valence-corrected chi connectivity index (χ2v) is 5.62. The number of anilines is 2. The van der Waals surface area contributed by atoms with Gasteiger partial charge in [0.15, 0.2) is 0 Å². The van der Waals surface area contributed by atoms with Gasteiger partial charge in [-0.25, -0.2) is 0 Å². The fraction of sp³-hybridized carbons (Fsp3) is 0.538. The van der Waals surface area contributed by atoms with Crippen LogP contribution in [0, 0.1) is 0 Å². The van der Waals surface area contributed by atoms with Gasteiger partial charge >= 0.3 is 0 Å². The molecule has 17 heavy (non-hydrogen) atoms. The summed E-state index contributed by atoms with van der Waals surface area (Å²) in [7, 11) is 0. The number of halogens is 1. The van der Waals surface area contributed by atoms with Gasteiger partial charge in [-0.05, 0) is 51.1 Å². The molecule has 1 aliphatic rings. The molecule has 1 saturated heterocycles. The Hall–Kier alpha value is -0.740. The van der Waals surface area contributed by atoms with Crippen molar-refractivity contribution in [2.75, 3.05) is 30.7 Å². The number of nitrogens with zero attached hydrogens (tertiary/aromatic N) is 1. The van der Waals surface area contributed by atoms with E-state index in [-0.39, 0.29) is 0 Å². The van der Waals surface area contributed by atoms with E-state index in [1.165, 1.54) is 25.9 Å². The average Bonchev–Trinajstić information content (AvgIpc) is 2.81. The number of benzene rings is 1. The van der Waals surface area contributed by atoms with E-state index in [1.54, 1.807) is 0 Å². The molecule has 3 nitrogen and oxygen atoms in total. The van der Waals surface area contributed by atoms with Crippen LogP contribution in [0.1, 0.15) is 19.8 Å². The zero-order valence-corrected chi connectivity index (χ0v) is 11.8. The number of nitrogen functional groups attached to an aromatic ring is 1. The van der Waals surface area contributed by atoms with Crippen LogP contribution in [0.3, 0.4) is 0 Å². The molecule has 2 rings (SSSR count). The van der Waals surface area contributed by atoms with Gasteiger partial charge in [-0.2, -0.15) is 0 Å². The van der Waals surface area contributed by atoms with E-state index in [1.807, 2.05) is 18.2 Å². The van der Waals surface area contributed by atoms with Gasteiger partial charge in [0.1, 0.15) is 0 Å². The van der Waals surface area contributed by atoms with Crippen molar-refractivity contribution in [1.29, 1.82) is 0 Å². The number of hydrogen-bond acceptors (Lipinski definition) is 3. The van der Waals surface area contributed by atoms with Gasteiger partial charge in [-0.1, -0.05) is 15.9 Å². The highest BCUT2D eigenvalue weighted by Gasteiger charge is 2.17. The number of likely N-dealkylation sites (tertiary alicyclic amines) is 1. The summed E-state index contributed by atoms with van der Waals surface area (Å²) in [4.78, 5) is 2.53. The van der Waals surface area contributed by atoms with Crippen LogP contribution < -0.4 is 11.1 Å². The van der Waals surface area contributed by atoms with Gasteiger partial charge in [0.25, 0.3) is 0 Å². The van der Waals surface area contributed by atoms with Gasteiger partial charge < -0.3 is 11.1 Å². The normalized spacial score (nSPS) is 18.2. The van der Waals surface area contributed by atoms with E-state index in [4.69, 9.17) is 5.73 Å². The van der Waals surface area contributed by atoms with Crippen molar-refractivity contribution in [3.63, 3.8) is 0 Å². The van der Waals surface area contributed by atoms with Crippen LogP contribution in [0.15, 0.2) is 22.7 Å². The minimum absolute atomic E-state index is 0.570. The van der Waals surface area contributed by atoms with Crippen LogP contribution in [-0.2, 0) is 0 Å². The number of rotatable bonds is 4. The predicted molar refractivity (Wildman–Crippen MR) is 77.3 cm³/mol. The summed E-state index contributed by atoms with van der Waals surface area (Å²) >= 11 is 3.41. The van der Waals surface area contributed by atoms with E-state index >= 15 is 0 Å². The van der Waals surface area contributed by atoms with Crippen LogP contribution in [0.4, 0.5) is 11.4 Å². The summed E-state index contributed by atoms with van der Waals surface area (Å²) < 4.78 is 1.02. The quantitative estimate of drug-likeness (QED) is 0.840. The third kappa shape index (κ3) is 3.36. The molecule has 0 saturated carbocycles. The molecule has 1 aromatic rings. The Morgan fingerprint density at radius 3 is 2.76 bits per heavy atom. The lowest BCUT2D eigenvalue weighted by atomic mass is 10.2. The first-order chi connectivity index (χ1) is 8.16. The molecule has 0 aromatic heterocycles. The molecule has 3 N–H and O–H groups in total. The molecule has 1 fully saturated rings. The fourth-order valence-corrected chi connectivity index (χ4v) is 2.64. The largest absolute Gasteiger partial charge is 0.397 e. The molecule has 0 amide bonds. The van der Waals surface area contributed by atoms with Gasteiger partial charge in [-0.3, -0.25) is 4.90 Å². The maximum absolute atomic E-state index is 5.95. The molecule has 1 atom stereocenters.